The van der Waals surface area contributed by atoms with Gasteiger partial charge in [-0.3, -0.25) is 4.90 Å². The minimum Gasteiger partial charge on any atom is -0.385 e. The van der Waals surface area contributed by atoms with Crippen molar-refractivity contribution < 1.29 is 4.74 Å². The summed E-state index contributed by atoms with van der Waals surface area (Å²) in [4.78, 5) is 2.45. The SMILES string of the molecule is CSCCCNc1ccc(CN2CCOCC2)cc1. The number of ether oxygens (including phenoxy) is 1. The standard InChI is InChI=1S/C15H24N2OS/c1-19-12-2-7-16-15-5-3-14(4-6-15)13-17-8-10-18-11-9-17/h3-6,16H,2,7-13H2,1H3. The predicted molar refractivity (Wildman–Crippen MR) is 84.0 cm³/mol. The van der Waals surface area contributed by atoms with Gasteiger partial charge in [-0.25, -0.2) is 0 Å². The first-order valence-electron chi connectivity index (χ1n) is 7.00. The van der Waals surface area contributed by atoms with Gasteiger partial charge in [-0.1, -0.05) is 12.1 Å². The first-order chi connectivity index (χ1) is 9.38. The van der Waals surface area contributed by atoms with E-state index in [0.29, 0.717) is 0 Å². The van der Waals surface area contributed by atoms with Crippen LogP contribution in [-0.2, 0) is 11.3 Å². The van der Waals surface area contributed by atoms with Gasteiger partial charge >= 0.3 is 0 Å². The van der Waals surface area contributed by atoms with Gasteiger partial charge < -0.3 is 10.1 Å². The smallest absolute Gasteiger partial charge is 0.0594 e. The summed E-state index contributed by atoms with van der Waals surface area (Å²) >= 11 is 1.90. The number of hydrogen-bond donors (Lipinski definition) is 1. The zero-order valence-corrected chi connectivity index (χ0v) is 12.5. The molecule has 0 spiro atoms. The van der Waals surface area contributed by atoms with Gasteiger partial charge in [0.05, 0.1) is 13.2 Å². The number of hydrogen-bond acceptors (Lipinski definition) is 4. The average molecular weight is 280 g/mol. The Morgan fingerprint density at radius 3 is 2.63 bits per heavy atom. The minimum atomic E-state index is 0.870. The van der Waals surface area contributed by atoms with Gasteiger partial charge in [0.15, 0.2) is 0 Å². The van der Waals surface area contributed by atoms with E-state index in [1.54, 1.807) is 0 Å². The molecule has 0 bridgehead atoms. The fourth-order valence-corrected chi connectivity index (χ4v) is 2.63. The lowest BCUT2D eigenvalue weighted by Gasteiger charge is -2.26. The summed E-state index contributed by atoms with van der Waals surface area (Å²) in [7, 11) is 0. The van der Waals surface area contributed by atoms with Gasteiger partial charge in [-0.15, -0.1) is 0 Å². The molecule has 0 aliphatic carbocycles. The molecule has 19 heavy (non-hydrogen) atoms. The Hall–Kier alpha value is -0.710. The highest BCUT2D eigenvalue weighted by molar-refractivity contribution is 7.98. The van der Waals surface area contributed by atoms with E-state index in [1.807, 2.05) is 11.8 Å². The van der Waals surface area contributed by atoms with E-state index in [1.165, 1.54) is 23.4 Å². The summed E-state index contributed by atoms with van der Waals surface area (Å²) in [5, 5.41) is 3.46. The summed E-state index contributed by atoms with van der Waals surface area (Å²) < 4.78 is 5.37. The van der Waals surface area contributed by atoms with Crippen molar-refractivity contribution in [1.82, 2.24) is 4.90 Å². The number of rotatable bonds is 7. The number of thioether (sulfide) groups is 1. The maximum Gasteiger partial charge on any atom is 0.0594 e. The zero-order chi connectivity index (χ0) is 13.3. The highest BCUT2D eigenvalue weighted by atomic mass is 32.2. The maximum atomic E-state index is 5.37. The van der Waals surface area contributed by atoms with E-state index in [0.717, 1.165) is 39.4 Å². The second-order valence-electron chi connectivity index (χ2n) is 4.86. The molecule has 1 fully saturated rings. The number of nitrogens with zero attached hydrogens (tertiary/aromatic N) is 1. The van der Waals surface area contributed by atoms with Crippen molar-refractivity contribution in [2.24, 2.45) is 0 Å². The van der Waals surface area contributed by atoms with Crippen LogP contribution in [-0.4, -0.2) is 49.8 Å². The van der Waals surface area contributed by atoms with E-state index >= 15 is 0 Å². The topological polar surface area (TPSA) is 24.5 Å². The molecule has 3 nitrogen and oxygen atoms in total. The number of anilines is 1. The van der Waals surface area contributed by atoms with E-state index in [-0.39, 0.29) is 0 Å². The molecule has 0 atom stereocenters. The van der Waals surface area contributed by atoms with Crippen molar-refractivity contribution in [1.29, 1.82) is 0 Å². The molecule has 0 aromatic heterocycles. The lowest BCUT2D eigenvalue weighted by atomic mass is 10.2. The molecule has 1 heterocycles. The van der Waals surface area contributed by atoms with Gasteiger partial charge in [-0.2, -0.15) is 11.8 Å². The molecule has 0 radical (unpaired) electrons. The van der Waals surface area contributed by atoms with Crippen molar-refractivity contribution in [3.63, 3.8) is 0 Å². The van der Waals surface area contributed by atoms with Crippen LogP contribution in [0.5, 0.6) is 0 Å². The molecule has 0 amide bonds. The Bertz CT molecular complexity index is 350. The first-order valence-corrected chi connectivity index (χ1v) is 8.40. The Morgan fingerprint density at radius 1 is 1.21 bits per heavy atom. The average Bonchev–Trinajstić information content (AvgIpc) is 2.46. The number of morpholine rings is 1. The van der Waals surface area contributed by atoms with Crippen LogP contribution in [0, 0.1) is 0 Å². The molecule has 106 valence electrons. The van der Waals surface area contributed by atoms with Crippen molar-refractivity contribution in [3.8, 4) is 0 Å². The third-order valence-electron chi connectivity index (χ3n) is 3.32. The summed E-state index contributed by atoms with van der Waals surface area (Å²) in [6.45, 7) is 5.94. The summed E-state index contributed by atoms with van der Waals surface area (Å²) in [5.41, 5.74) is 2.61. The van der Waals surface area contributed by atoms with Crippen LogP contribution < -0.4 is 5.32 Å². The largest absolute Gasteiger partial charge is 0.385 e. The normalized spacial score (nSPS) is 16.5. The molecule has 2 rings (SSSR count). The molecule has 1 N–H and O–H groups in total. The second-order valence-corrected chi connectivity index (χ2v) is 5.84. The molecule has 1 saturated heterocycles. The van der Waals surface area contributed by atoms with Crippen LogP contribution in [0.3, 0.4) is 0 Å². The second kappa shape index (κ2) is 8.46. The van der Waals surface area contributed by atoms with Gasteiger partial charge in [0.2, 0.25) is 0 Å². The maximum absolute atomic E-state index is 5.37. The summed E-state index contributed by atoms with van der Waals surface area (Å²) in [6, 6.07) is 8.84. The van der Waals surface area contributed by atoms with Crippen LogP contribution in [0.15, 0.2) is 24.3 Å². The molecule has 0 saturated carbocycles. The summed E-state index contributed by atoms with van der Waals surface area (Å²) in [5.74, 6) is 1.22. The molecule has 1 aromatic rings. The lowest BCUT2D eigenvalue weighted by molar-refractivity contribution is 0.0342. The van der Waals surface area contributed by atoms with E-state index in [4.69, 9.17) is 4.74 Å². The third-order valence-corrected chi connectivity index (χ3v) is 4.02. The third kappa shape index (κ3) is 5.43. The van der Waals surface area contributed by atoms with Crippen LogP contribution in [0.25, 0.3) is 0 Å². The van der Waals surface area contributed by atoms with E-state index in [9.17, 15) is 0 Å². The van der Waals surface area contributed by atoms with Gasteiger partial charge in [0, 0.05) is 31.9 Å². The Labute approximate surface area is 120 Å². The van der Waals surface area contributed by atoms with Gasteiger partial charge in [0.1, 0.15) is 0 Å². The Balaban J connectivity index is 1.74. The monoisotopic (exact) mass is 280 g/mol. The number of nitrogens with one attached hydrogen (secondary N) is 1. The van der Waals surface area contributed by atoms with Crippen molar-refractivity contribution >= 4 is 17.4 Å². The van der Waals surface area contributed by atoms with Gasteiger partial charge in [0.25, 0.3) is 0 Å². The van der Waals surface area contributed by atoms with Crippen molar-refractivity contribution in [3.05, 3.63) is 29.8 Å². The molecular formula is C15H24N2OS. The highest BCUT2D eigenvalue weighted by Crippen LogP contribution is 2.12. The van der Waals surface area contributed by atoms with Crippen LogP contribution >= 0.6 is 11.8 Å². The van der Waals surface area contributed by atoms with Crippen molar-refractivity contribution in [2.75, 3.05) is 50.2 Å². The van der Waals surface area contributed by atoms with Crippen LogP contribution in [0.1, 0.15) is 12.0 Å². The lowest BCUT2D eigenvalue weighted by Crippen LogP contribution is -2.35. The molecule has 1 aliphatic rings. The Morgan fingerprint density at radius 2 is 1.95 bits per heavy atom. The van der Waals surface area contributed by atoms with Crippen LogP contribution in [0.4, 0.5) is 5.69 Å². The van der Waals surface area contributed by atoms with Crippen molar-refractivity contribution in [2.45, 2.75) is 13.0 Å². The Kier molecular flexibility index (Phi) is 6.54. The first kappa shape index (κ1) is 14.7. The molecular weight excluding hydrogens is 256 g/mol. The molecule has 4 heteroatoms. The van der Waals surface area contributed by atoms with Crippen LogP contribution in [0.2, 0.25) is 0 Å². The fourth-order valence-electron chi connectivity index (χ4n) is 2.19. The highest BCUT2D eigenvalue weighted by Gasteiger charge is 2.10. The molecule has 0 unspecified atom stereocenters. The fraction of sp³-hybridized carbons (Fsp3) is 0.600. The quantitative estimate of drug-likeness (QED) is 0.776. The minimum absolute atomic E-state index is 0.870. The predicted octanol–water partition coefficient (Wildman–Crippen LogP) is 2.68. The van der Waals surface area contributed by atoms with E-state index < -0.39 is 0 Å². The molecule has 1 aliphatic heterocycles. The van der Waals surface area contributed by atoms with E-state index in [2.05, 4.69) is 40.7 Å². The summed E-state index contributed by atoms with van der Waals surface area (Å²) in [6.07, 6.45) is 3.37. The molecule has 1 aromatic carbocycles. The number of benzene rings is 1. The van der Waals surface area contributed by atoms with Gasteiger partial charge in [-0.05, 0) is 36.1 Å². The zero-order valence-electron chi connectivity index (χ0n) is 11.7.